The van der Waals surface area contributed by atoms with Crippen molar-refractivity contribution in [2.75, 3.05) is 19.4 Å². The summed E-state index contributed by atoms with van der Waals surface area (Å²) in [5.41, 5.74) is 7.56. The molecular weight excluding hydrogens is 252 g/mol. The Morgan fingerprint density at radius 3 is 2.42 bits per heavy atom. The second-order valence-electron chi connectivity index (χ2n) is 6.72. The summed E-state index contributed by atoms with van der Waals surface area (Å²) >= 11 is 0. The minimum absolute atomic E-state index is 0.153. The van der Waals surface area contributed by atoms with Gasteiger partial charge in [-0.3, -0.25) is 4.90 Å². The fourth-order valence-corrected chi connectivity index (χ4v) is 4.22. The molecule has 0 saturated carbocycles. The second-order valence-corrected chi connectivity index (χ2v) is 12.2. The summed E-state index contributed by atoms with van der Waals surface area (Å²) in [6.07, 6.45) is 1.17. The van der Waals surface area contributed by atoms with E-state index >= 15 is 0 Å². The summed E-state index contributed by atoms with van der Waals surface area (Å²) in [6, 6.07) is 11.2. The van der Waals surface area contributed by atoms with E-state index in [1.54, 1.807) is 0 Å². The van der Waals surface area contributed by atoms with E-state index in [-0.39, 0.29) is 6.04 Å². The number of ether oxygens (including phenoxy) is 1. The Kier molecular flexibility index (Phi) is 4.79. The van der Waals surface area contributed by atoms with Crippen LogP contribution in [0.3, 0.4) is 0 Å². The van der Waals surface area contributed by atoms with Crippen molar-refractivity contribution >= 4 is 8.07 Å². The van der Waals surface area contributed by atoms with Gasteiger partial charge < -0.3 is 10.5 Å². The molecule has 1 saturated heterocycles. The van der Waals surface area contributed by atoms with Crippen LogP contribution in [0.25, 0.3) is 0 Å². The highest BCUT2D eigenvalue weighted by molar-refractivity contribution is 6.76. The van der Waals surface area contributed by atoms with Crippen molar-refractivity contribution < 1.29 is 4.74 Å². The number of nitrogens with zero attached hydrogens (tertiary/aromatic N) is 1. The summed E-state index contributed by atoms with van der Waals surface area (Å²) in [5, 5.41) is 0. The van der Waals surface area contributed by atoms with E-state index in [0.29, 0.717) is 12.6 Å². The van der Waals surface area contributed by atoms with Gasteiger partial charge in [0.25, 0.3) is 0 Å². The summed E-state index contributed by atoms with van der Waals surface area (Å²) in [4.78, 5) is 2.54. The van der Waals surface area contributed by atoms with Gasteiger partial charge in [0.2, 0.25) is 0 Å². The Balaban J connectivity index is 2.10. The molecule has 1 heterocycles. The summed E-state index contributed by atoms with van der Waals surface area (Å²) in [6.45, 7) is 9.68. The molecule has 0 unspecified atom stereocenters. The quantitative estimate of drug-likeness (QED) is 0.838. The third-order valence-corrected chi connectivity index (χ3v) is 4.82. The van der Waals surface area contributed by atoms with Gasteiger partial charge in [0.15, 0.2) is 0 Å². The van der Waals surface area contributed by atoms with Crippen LogP contribution in [0.4, 0.5) is 0 Å². The highest BCUT2D eigenvalue weighted by atomic mass is 28.3. The van der Waals surface area contributed by atoms with Crippen LogP contribution < -0.4 is 5.73 Å². The normalized spacial score (nSPS) is 24.1. The lowest BCUT2D eigenvalue weighted by Crippen LogP contribution is -2.52. The lowest BCUT2D eigenvalue weighted by molar-refractivity contribution is 0.150. The zero-order valence-electron chi connectivity index (χ0n) is 12.3. The van der Waals surface area contributed by atoms with Crippen LogP contribution >= 0.6 is 0 Å². The Labute approximate surface area is 117 Å². The van der Waals surface area contributed by atoms with Gasteiger partial charge in [-0.15, -0.1) is 0 Å². The number of rotatable bonds is 5. The van der Waals surface area contributed by atoms with Crippen LogP contribution in [0.1, 0.15) is 5.56 Å². The average Bonchev–Trinajstić information content (AvgIpc) is 2.74. The first-order valence-corrected chi connectivity index (χ1v) is 10.8. The zero-order valence-corrected chi connectivity index (χ0v) is 13.3. The van der Waals surface area contributed by atoms with Crippen molar-refractivity contribution in [3.05, 3.63) is 35.9 Å². The van der Waals surface area contributed by atoms with E-state index < -0.39 is 8.07 Å². The third kappa shape index (κ3) is 4.42. The summed E-state index contributed by atoms with van der Waals surface area (Å²) < 4.78 is 5.55. The molecule has 1 aliphatic rings. The van der Waals surface area contributed by atoms with Gasteiger partial charge in [0.1, 0.15) is 0 Å². The molecule has 2 atom stereocenters. The summed E-state index contributed by atoms with van der Waals surface area (Å²) in [7, 11) is -1.16. The van der Waals surface area contributed by atoms with E-state index in [0.717, 1.165) is 13.2 Å². The van der Waals surface area contributed by atoms with E-state index in [4.69, 9.17) is 10.5 Å². The van der Waals surface area contributed by atoms with Crippen molar-refractivity contribution in [2.45, 2.75) is 38.3 Å². The van der Waals surface area contributed by atoms with Gasteiger partial charge in [-0.05, 0) is 11.7 Å². The molecule has 1 fully saturated rings. The van der Waals surface area contributed by atoms with Crippen molar-refractivity contribution in [3.8, 4) is 0 Å². The van der Waals surface area contributed by atoms with E-state index in [9.17, 15) is 0 Å². The lowest BCUT2D eigenvalue weighted by Gasteiger charge is -2.34. The predicted molar refractivity (Wildman–Crippen MR) is 82.8 cm³/mol. The molecule has 0 spiro atoms. The highest BCUT2D eigenvalue weighted by Gasteiger charge is 2.32. The highest BCUT2D eigenvalue weighted by Crippen LogP contribution is 2.18. The van der Waals surface area contributed by atoms with Crippen LogP contribution in [0.2, 0.25) is 19.6 Å². The van der Waals surface area contributed by atoms with Crippen molar-refractivity contribution in [3.63, 3.8) is 0 Å². The fourth-order valence-electron chi connectivity index (χ4n) is 2.65. The first-order chi connectivity index (χ1) is 8.96. The van der Waals surface area contributed by atoms with Crippen molar-refractivity contribution in [1.82, 2.24) is 4.90 Å². The molecule has 0 aliphatic carbocycles. The molecule has 3 nitrogen and oxygen atoms in total. The molecule has 0 aromatic heterocycles. The standard InChI is InChI=1S/C15H26N2OSi/c1-19(2,3)12-17(15-11-18-10-14(15)16)9-13-7-5-4-6-8-13/h4-8,14-15H,9-12,16H2,1-3H3/t14-,15-/m0/s1. The van der Waals surface area contributed by atoms with Crippen LogP contribution in [0, 0.1) is 0 Å². The van der Waals surface area contributed by atoms with E-state index in [1.807, 2.05) is 0 Å². The SMILES string of the molecule is C[Si](C)(C)CN(Cc1ccccc1)[C@H]1COC[C@@H]1N. The Bertz CT molecular complexity index is 391. The van der Waals surface area contributed by atoms with Gasteiger partial charge in [-0.25, -0.2) is 0 Å². The third-order valence-electron chi connectivity index (χ3n) is 3.47. The van der Waals surface area contributed by atoms with E-state index in [2.05, 4.69) is 54.9 Å². The molecule has 0 amide bonds. The van der Waals surface area contributed by atoms with Crippen molar-refractivity contribution in [2.24, 2.45) is 5.73 Å². The maximum Gasteiger partial charge on any atom is 0.0638 e. The zero-order chi connectivity index (χ0) is 13.9. The fraction of sp³-hybridized carbons (Fsp3) is 0.600. The second kappa shape index (κ2) is 6.18. The number of benzene rings is 1. The van der Waals surface area contributed by atoms with Crippen LogP contribution in [-0.4, -0.2) is 44.4 Å². The molecular formula is C15H26N2OSi. The molecule has 2 rings (SSSR count). The summed E-state index contributed by atoms with van der Waals surface area (Å²) in [5.74, 6) is 0. The smallest absolute Gasteiger partial charge is 0.0638 e. The molecule has 0 radical (unpaired) electrons. The Morgan fingerprint density at radius 2 is 1.89 bits per heavy atom. The molecule has 106 valence electrons. The minimum atomic E-state index is -1.16. The van der Waals surface area contributed by atoms with Crippen LogP contribution in [0.15, 0.2) is 30.3 Å². The first-order valence-electron chi connectivity index (χ1n) is 7.07. The lowest BCUT2D eigenvalue weighted by atomic mass is 10.1. The Hall–Kier alpha value is -0.683. The van der Waals surface area contributed by atoms with Crippen molar-refractivity contribution in [1.29, 1.82) is 0 Å². The van der Waals surface area contributed by atoms with Gasteiger partial charge in [0, 0.05) is 12.6 Å². The predicted octanol–water partition coefficient (Wildman–Crippen LogP) is 2.09. The topological polar surface area (TPSA) is 38.5 Å². The molecule has 1 aliphatic heterocycles. The van der Waals surface area contributed by atoms with E-state index in [1.165, 1.54) is 11.7 Å². The van der Waals surface area contributed by atoms with Gasteiger partial charge in [-0.1, -0.05) is 50.0 Å². The van der Waals surface area contributed by atoms with Gasteiger partial charge >= 0.3 is 0 Å². The molecule has 0 bridgehead atoms. The molecule has 4 heteroatoms. The number of hydrogen-bond acceptors (Lipinski definition) is 3. The maximum atomic E-state index is 6.20. The average molecular weight is 278 g/mol. The van der Waals surface area contributed by atoms with Gasteiger partial charge in [-0.2, -0.15) is 0 Å². The largest absolute Gasteiger partial charge is 0.378 e. The molecule has 1 aromatic rings. The Morgan fingerprint density at radius 1 is 1.21 bits per heavy atom. The van der Waals surface area contributed by atoms with Crippen LogP contribution in [-0.2, 0) is 11.3 Å². The molecule has 19 heavy (non-hydrogen) atoms. The number of nitrogens with two attached hydrogens (primary N) is 1. The monoisotopic (exact) mass is 278 g/mol. The minimum Gasteiger partial charge on any atom is -0.378 e. The van der Waals surface area contributed by atoms with Crippen LogP contribution in [0.5, 0.6) is 0 Å². The maximum absolute atomic E-state index is 6.20. The first kappa shape index (κ1) is 14.7. The number of hydrogen-bond donors (Lipinski definition) is 1. The molecule has 2 N–H and O–H groups in total. The molecule has 1 aromatic carbocycles. The van der Waals surface area contributed by atoms with Gasteiger partial charge in [0.05, 0.1) is 27.3 Å².